The molecule has 2 rings (SSSR count). The van der Waals surface area contributed by atoms with E-state index in [1.807, 2.05) is 4.72 Å². The Labute approximate surface area is 150 Å². The molecule has 25 heavy (non-hydrogen) atoms. The lowest BCUT2D eigenvalue weighted by Gasteiger charge is -2.10. The molecule has 0 radical (unpaired) electrons. The quantitative estimate of drug-likeness (QED) is 0.826. The number of amides is 2. The van der Waals surface area contributed by atoms with Gasteiger partial charge in [0.1, 0.15) is 5.75 Å². The number of carbonyl (C=O) groups excluding carboxylic acids is 2. The summed E-state index contributed by atoms with van der Waals surface area (Å²) in [4.78, 5) is 23.2. The minimum Gasteiger partial charge on any atom is -0.496 e. The standard InChI is InChI=1S/C16H15ClN2O5S/c1-10(20)19-25(22,23)13-6-4-12(5-7-13)18-16(21)14-9-11(17)3-8-15(14)24-2/h3-9H,1-2H3,(H,18,21)(H,19,20). The van der Waals surface area contributed by atoms with Gasteiger partial charge >= 0.3 is 0 Å². The lowest BCUT2D eigenvalue weighted by Crippen LogP contribution is -2.28. The third-order valence-corrected chi connectivity index (χ3v) is 4.79. The van der Waals surface area contributed by atoms with Crippen LogP contribution in [-0.2, 0) is 14.8 Å². The Morgan fingerprint density at radius 2 is 1.72 bits per heavy atom. The molecule has 7 nitrogen and oxygen atoms in total. The number of hydrogen-bond acceptors (Lipinski definition) is 5. The molecule has 0 unspecified atom stereocenters. The predicted molar refractivity (Wildman–Crippen MR) is 93.4 cm³/mol. The molecule has 0 aromatic heterocycles. The number of nitrogens with one attached hydrogen (secondary N) is 2. The lowest BCUT2D eigenvalue weighted by molar-refractivity contribution is -0.117. The number of halogens is 1. The Bertz CT molecular complexity index is 911. The van der Waals surface area contributed by atoms with Crippen LogP contribution in [0, 0.1) is 0 Å². The van der Waals surface area contributed by atoms with Crippen molar-refractivity contribution in [2.45, 2.75) is 11.8 Å². The summed E-state index contributed by atoms with van der Waals surface area (Å²) in [5.74, 6) is -0.797. The molecule has 0 saturated heterocycles. The number of carbonyl (C=O) groups is 2. The highest BCUT2D eigenvalue weighted by Crippen LogP contribution is 2.24. The molecule has 2 aromatic rings. The van der Waals surface area contributed by atoms with E-state index in [0.29, 0.717) is 16.5 Å². The van der Waals surface area contributed by atoms with Gasteiger partial charge in [0.2, 0.25) is 5.91 Å². The molecule has 0 saturated carbocycles. The Hall–Kier alpha value is -2.58. The van der Waals surface area contributed by atoms with Gasteiger partial charge in [-0.05, 0) is 42.5 Å². The van der Waals surface area contributed by atoms with Crippen molar-refractivity contribution in [3.05, 3.63) is 53.1 Å². The smallest absolute Gasteiger partial charge is 0.264 e. The number of methoxy groups -OCH3 is 1. The fourth-order valence-electron chi connectivity index (χ4n) is 2.02. The molecular formula is C16H15ClN2O5S. The van der Waals surface area contributed by atoms with Crippen LogP contribution in [0.3, 0.4) is 0 Å². The second kappa shape index (κ2) is 7.54. The van der Waals surface area contributed by atoms with Gasteiger partial charge in [-0.1, -0.05) is 11.6 Å². The molecule has 0 atom stereocenters. The zero-order valence-electron chi connectivity index (χ0n) is 13.4. The number of benzene rings is 2. The van der Waals surface area contributed by atoms with Crippen LogP contribution in [0.1, 0.15) is 17.3 Å². The summed E-state index contributed by atoms with van der Waals surface area (Å²) in [7, 11) is -2.49. The van der Waals surface area contributed by atoms with Crippen molar-refractivity contribution < 1.29 is 22.7 Å². The average Bonchev–Trinajstić information content (AvgIpc) is 2.54. The van der Waals surface area contributed by atoms with E-state index in [2.05, 4.69) is 5.32 Å². The molecule has 0 heterocycles. The van der Waals surface area contributed by atoms with Gasteiger partial charge in [0.25, 0.3) is 15.9 Å². The Kier molecular flexibility index (Phi) is 5.66. The summed E-state index contributed by atoms with van der Waals surface area (Å²) in [5, 5.41) is 3.00. The SMILES string of the molecule is COc1ccc(Cl)cc1C(=O)Nc1ccc(S(=O)(=O)NC(C)=O)cc1. The zero-order valence-corrected chi connectivity index (χ0v) is 14.9. The van der Waals surface area contributed by atoms with E-state index >= 15 is 0 Å². The highest BCUT2D eigenvalue weighted by atomic mass is 35.5. The van der Waals surface area contributed by atoms with Crippen LogP contribution >= 0.6 is 11.6 Å². The van der Waals surface area contributed by atoms with E-state index < -0.39 is 21.8 Å². The minimum absolute atomic E-state index is 0.0963. The Morgan fingerprint density at radius 1 is 1.08 bits per heavy atom. The van der Waals surface area contributed by atoms with Gasteiger partial charge in [-0.3, -0.25) is 9.59 Å². The lowest BCUT2D eigenvalue weighted by atomic mass is 10.2. The van der Waals surface area contributed by atoms with Crippen LogP contribution in [0.25, 0.3) is 0 Å². The van der Waals surface area contributed by atoms with Gasteiger partial charge in [0.15, 0.2) is 0 Å². The third kappa shape index (κ3) is 4.71. The van der Waals surface area contributed by atoms with E-state index in [9.17, 15) is 18.0 Å². The number of rotatable bonds is 5. The maximum atomic E-state index is 12.3. The fraction of sp³-hybridized carbons (Fsp3) is 0.125. The minimum atomic E-state index is -3.92. The summed E-state index contributed by atoms with van der Waals surface area (Å²) >= 11 is 5.90. The Balaban J connectivity index is 2.21. The second-order valence-electron chi connectivity index (χ2n) is 4.98. The van der Waals surface area contributed by atoms with Crippen LogP contribution in [-0.4, -0.2) is 27.3 Å². The molecule has 132 valence electrons. The molecule has 0 aliphatic rings. The van der Waals surface area contributed by atoms with Crippen molar-refractivity contribution in [3.8, 4) is 5.75 Å². The number of anilines is 1. The third-order valence-electron chi connectivity index (χ3n) is 3.11. The van der Waals surface area contributed by atoms with Crippen LogP contribution in [0.5, 0.6) is 5.75 Å². The maximum absolute atomic E-state index is 12.3. The van der Waals surface area contributed by atoms with Crippen molar-refractivity contribution in [1.82, 2.24) is 4.72 Å². The van der Waals surface area contributed by atoms with Crippen molar-refractivity contribution in [2.75, 3.05) is 12.4 Å². The molecule has 0 fully saturated rings. The summed E-state index contributed by atoms with van der Waals surface area (Å²) in [6.07, 6.45) is 0. The molecular weight excluding hydrogens is 368 g/mol. The van der Waals surface area contributed by atoms with Gasteiger partial charge in [-0.2, -0.15) is 0 Å². The van der Waals surface area contributed by atoms with Crippen LogP contribution in [0.15, 0.2) is 47.4 Å². The summed E-state index contributed by atoms with van der Waals surface area (Å²) in [5.41, 5.74) is 0.610. The zero-order chi connectivity index (χ0) is 18.6. The van der Waals surface area contributed by atoms with Crippen LogP contribution in [0.2, 0.25) is 5.02 Å². The normalized spacial score (nSPS) is 10.8. The topological polar surface area (TPSA) is 102 Å². The van der Waals surface area contributed by atoms with Crippen molar-refractivity contribution in [3.63, 3.8) is 0 Å². The van der Waals surface area contributed by atoms with Gasteiger partial charge in [-0.25, -0.2) is 13.1 Å². The first-order valence-electron chi connectivity index (χ1n) is 7.01. The molecule has 0 bridgehead atoms. The van der Waals surface area contributed by atoms with Crippen LogP contribution < -0.4 is 14.8 Å². The van der Waals surface area contributed by atoms with Gasteiger partial charge in [0, 0.05) is 17.6 Å². The van der Waals surface area contributed by atoms with Gasteiger partial charge in [0.05, 0.1) is 17.6 Å². The fourth-order valence-corrected chi connectivity index (χ4v) is 3.18. The second-order valence-corrected chi connectivity index (χ2v) is 7.10. The van der Waals surface area contributed by atoms with Crippen LogP contribution in [0.4, 0.5) is 5.69 Å². The predicted octanol–water partition coefficient (Wildman–Crippen LogP) is 2.43. The van der Waals surface area contributed by atoms with Crippen molar-refractivity contribution >= 4 is 39.1 Å². The molecule has 0 aliphatic heterocycles. The summed E-state index contributed by atoms with van der Waals surface area (Å²) < 4.78 is 30.7. The van der Waals surface area contributed by atoms with E-state index in [1.54, 1.807) is 12.1 Å². The Morgan fingerprint density at radius 3 is 2.28 bits per heavy atom. The van der Waals surface area contributed by atoms with E-state index in [0.717, 1.165) is 6.92 Å². The van der Waals surface area contributed by atoms with Crippen molar-refractivity contribution in [1.29, 1.82) is 0 Å². The molecule has 2 amide bonds. The highest BCUT2D eigenvalue weighted by Gasteiger charge is 2.16. The van der Waals surface area contributed by atoms with Gasteiger partial charge < -0.3 is 10.1 Å². The largest absolute Gasteiger partial charge is 0.496 e. The highest BCUT2D eigenvalue weighted by molar-refractivity contribution is 7.90. The average molecular weight is 383 g/mol. The number of sulfonamides is 1. The number of hydrogen-bond donors (Lipinski definition) is 2. The maximum Gasteiger partial charge on any atom is 0.264 e. The number of ether oxygens (including phenoxy) is 1. The monoisotopic (exact) mass is 382 g/mol. The molecule has 0 aliphatic carbocycles. The van der Waals surface area contributed by atoms with Crippen molar-refractivity contribution in [2.24, 2.45) is 0 Å². The molecule has 0 spiro atoms. The first kappa shape index (κ1) is 18.8. The summed E-state index contributed by atoms with van der Waals surface area (Å²) in [6.45, 7) is 1.10. The first-order chi connectivity index (χ1) is 11.7. The molecule has 9 heteroatoms. The van der Waals surface area contributed by atoms with E-state index in [1.165, 1.54) is 37.4 Å². The molecule has 2 aromatic carbocycles. The van der Waals surface area contributed by atoms with E-state index in [4.69, 9.17) is 16.3 Å². The van der Waals surface area contributed by atoms with Gasteiger partial charge in [-0.15, -0.1) is 0 Å². The molecule has 2 N–H and O–H groups in total. The summed E-state index contributed by atoms with van der Waals surface area (Å²) in [6, 6.07) is 9.99. The first-order valence-corrected chi connectivity index (χ1v) is 8.87. The van der Waals surface area contributed by atoms with E-state index in [-0.39, 0.29) is 10.5 Å².